The molecule has 0 rings (SSSR count). The molecule has 0 heterocycles. The molecule has 0 atom stereocenters. The standard InChI is InChI=1S/C3H8.7CH4/c1-3-2;;;;;;;/h3H2,1-2H3;7*1H4. The van der Waals surface area contributed by atoms with Gasteiger partial charge in [-0.2, -0.15) is 0 Å². The highest BCUT2D eigenvalue weighted by atomic mass is 13.4. The van der Waals surface area contributed by atoms with E-state index in [9.17, 15) is 0 Å². The van der Waals surface area contributed by atoms with Gasteiger partial charge in [0.15, 0.2) is 0 Å². The van der Waals surface area contributed by atoms with Crippen LogP contribution in [0.5, 0.6) is 0 Å². The normalized spacial score (nSPS) is 1.80. The fourth-order valence-corrected chi connectivity index (χ4v) is 0. The molecule has 0 saturated carbocycles. The maximum Gasteiger partial charge on any atom is -0.0590 e. The zero-order valence-corrected chi connectivity index (χ0v) is 2.71. The Morgan fingerprint density at radius 3 is 0.500 bits per heavy atom. The Hall–Kier alpha value is 0. The van der Waals surface area contributed by atoms with Crippen molar-refractivity contribution in [3.63, 3.8) is 0 Å². The average Bonchev–Trinajstić information content (AvgIpc) is 0.918. The summed E-state index contributed by atoms with van der Waals surface area (Å²) in [6, 6.07) is 0. The minimum Gasteiger partial charge on any atom is -0.0776 e. The van der Waals surface area contributed by atoms with Crippen LogP contribution in [0.3, 0.4) is 0 Å². The van der Waals surface area contributed by atoms with Gasteiger partial charge in [0.25, 0.3) is 0 Å². The van der Waals surface area contributed by atoms with Crippen LogP contribution < -0.4 is 0 Å². The van der Waals surface area contributed by atoms with E-state index in [1.54, 1.807) is 0 Å². The molecule has 0 heteroatoms. The molecule has 0 aromatic carbocycles. The van der Waals surface area contributed by atoms with Gasteiger partial charge in [-0.25, -0.2) is 0 Å². The van der Waals surface area contributed by atoms with Crippen LogP contribution in [0.15, 0.2) is 0 Å². The first-order chi connectivity index (χ1) is 1.41. The van der Waals surface area contributed by atoms with Crippen LogP contribution in [0.1, 0.15) is 72.3 Å². The van der Waals surface area contributed by atoms with Crippen molar-refractivity contribution in [2.24, 2.45) is 0 Å². The molecule has 0 N–H and O–H groups in total. The van der Waals surface area contributed by atoms with Crippen LogP contribution in [0.25, 0.3) is 0 Å². The summed E-state index contributed by atoms with van der Waals surface area (Å²) in [6.07, 6.45) is 1.25. The third-order valence-corrected chi connectivity index (χ3v) is 0. The molecule has 0 nitrogen and oxygen atoms in total. The summed E-state index contributed by atoms with van der Waals surface area (Å²) < 4.78 is 0. The van der Waals surface area contributed by atoms with E-state index in [0.717, 1.165) is 0 Å². The van der Waals surface area contributed by atoms with E-state index in [1.807, 2.05) is 0 Å². The van der Waals surface area contributed by atoms with E-state index in [4.69, 9.17) is 0 Å². The topological polar surface area (TPSA) is 0 Å². The summed E-state index contributed by atoms with van der Waals surface area (Å²) in [5, 5.41) is 0. The lowest BCUT2D eigenvalue weighted by Gasteiger charge is -1.48. The maximum atomic E-state index is 2.12. The van der Waals surface area contributed by atoms with Gasteiger partial charge in [-0.3, -0.25) is 0 Å². The van der Waals surface area contributed by atoms with E-state index < -0.39 is 0 Å². The molecular formula is C10H36. The Bertz CT molecular complexity index is 0. The Labute approximate surface area is 73.1 Å². The van der Waals surface area contributed by atoms with Gasteiger partial charge in [-0.15, -0.1) is 0 Å². The molecule has 10 heavy (non-hydrogen) atoms. The van der Waals surface area contributed by atoms with E-state index in [2.05, 4.69) is 13.8 Å². The van der Waals surface area contributed by atoms with Crippen molar-refractivity contribution < 1.29 is 0 Å². The predicted molar refractivity (Wildman–Crippen MR) is 63.1 cm³/mol. The number of hydrogen-bond acceptors (Lipinski definition) is 0. The molecule has 0 amide bonds. The zero-order chi connectivity index (χ0) is 2.71. The highest BCUT2D eigenvalue weighted by Gasteiger charge is 1.35. The summed E-state index contributed by atoms with van der Waals surface area (Å²) in [5.74, 6) is 0. The third-order valence-electron chi connectivity index (χ3n) is 0. The van der Waals surface area contributed by atoms with Crippen LogP contribution in [0.2, 0.25) is 0 Å². The largest absolute Gasteiger partial charge is 0.0776 e. The molecule has 0 radical (unpaired) electrons. The summed E-state index contributed by atoms with van der Waals surface area (Å²) >= 11 is 0. The van der Waals surface area contributed by atoms with Gasteiger partial charge in [-0.1, -0.05) is 72.3 Å². The lowest BCUT2D eigenvalue weighted by Crippen LogP contribution is -1.27. The fourth-order valence-electron chi connectivity index (χ4n) is 0. The third kappa shape index (κ3) is 0. The van der Waals surface area contributed by atoms with Gasteiger partial charge in [-0.05, 0) is 0 Å². The predicted octanol–water partition coefficient (Wildman–Crippen LogP) is 5.87. The second-order valence-electron chi connectivity index (χ2n) is 0.707. The van der Waals surface area contributed by atoms with Gasteiger partial charge in [0, 0.05) is 0 Å². The second-order valence-corrected chi connectivity index (χ2v) is 0.707. The van der Waals surface area contributed by atoms with Crippen molar-refractivity contribution in [3.8, 4) is 0 Å². The van der Waals surface area contributed by atoms with Crippen molar-refractivity contribution in [2.45, 2.75) is 72.3 Å². The highest BCUT2D eigenvalue weighted by Crippen LogP contribution is 1.56. The van der Waals surface area contributed by atoms with Crippen molar-refractivity contribution in [1.29, 1.82) is 0 Å². The summed E-state index contributed by atoms with van der Waals surface area (Å²) in [5.41, 5.74) is 0. The number of rotatable bonds is 0. The molecular weight excluding hydrogens is 120 g/mol. The van der Waals surface area contributed by atoms with Crippen molar-refractivity contribution in [2.75, 3.05) is 0 Å². The molecule has 0 fully saturated rings. The van der Waals surface area contributed by atoms with Crippen LogP contribution in [0, 0.1) is 0 Å². The molecule has 0 aromatic heterocycles. The average molecular weight is 156 g/mol. The smallest absolute Gasteiger partial charge is 0.0590 e. The van der Waals surface area contributed by atoms with Crippen LogP contribution >= 0.6 is 0 Å². The minimum atomic E-state index is 0. The van der Waals surface area contributed by atoms with Gasteiger partial charge in [0.2, 0.25) is 0 Å². The molecule has 0 saturated heterocycles. The maximum absolute atomic E-state index is 2.12. The molecule has 0 spiro atoms. The van der Waals surface area contributed by atoms with Crippen LogP contribution in [-0.2, 0) is 0 Å². The van der Waals surface area contributed by atoms with E-state index in [-0.39, 0.29) is 52.0 Å². The second kappa shape index (κ2) is 576. The Kier molecular flexibility index (Phi) is 11700. The highest BCUT2D eigenvalue weighted by molar-refractivity contribution is 3.92. The van der Waals surface area contributed by atoms with Gasteiger partial charge >= 0.3 is 0 Å². The van der Waals surface area contributed by atoms with Crippen molar-refractivity contribution in [1.82, 2.24) is 0 Å². The Morgan fingerprint density at radius 1 is 0.500 bits per heavy atom. The molecule has 76 valence electrons. The van der Waals surface area contributed by atoms with Crippen molar-refractivity contribution >= 4 is 0 Å². The molecule has 0 bridgehead atoms. The monoisotopic (exact) mass is 156 g/mol. The first-order valence-electron chi connectivity index (χ1n) is 1.41. The molecule has 0 aliphatic carbocycles. The van der Waals surface area contributed by atoms with Crippen LogP contribution in [0.4, 0.5) is 0 Å². The van der Waals surface area contributed by atoms with E-state index in [1.165, 1.54) is 6.42 Å². The van der Waals surface area contributed by atoms with Crippen LogP contribution in [-0.4, -0.2) is 0 Å². The quantitative estimate of drug-likeness (QED) is 0.411. The lowest BCUT2D eigenvalue weighted by molar-refractivity contribution is 1.09. The molecule has 0 aliphatic rings. The van der Waals surface area contributed by atoms with Gasteiger partial charge in [0.1, 0.15) is 0 Å². The fraction of sp³-hybridized carbons (Fsp3) is 1.00. The SMILES string of the molecule is C.C.C.C.C.C.C.CCC. The zero-order valence-electron chi connectivity index (χ0n) is 2.71. The summed E-state index contributed by atoms with van der Waals surface area (Å²) in [7, 11) is 0. The molecule has 0 aliphatic heterocycles. The Balaban J connectivity index is -0.000000000952. The number of hydrogen-bond donors (Lipinski definition) is 0. The lowest BCUT2D eigenvalue weighted by atomic mass is 10.6. The summed E-state index contributed by atoms with van der Waals surface area (Å²) in [6.45, 7) is 4.25. The molecule has 0 unspecified atom stereocenters. The minimum absolute atomic E-state index is 0. The first-order valence-corrected chi connectivity index (χ1v) is 1.41. The van der Waals surface area contributed by atoms with Gasteiger partial charge in [0.05, 0.1) is 0 Å². The molecule has 0 aromatic rings. The van der Waals surface area contributed by atoms with E-state index in [0.29, 0.717) is 0 Å². The first kappa shape index (κ1) is 202. The van der Waals surface area contributed by atoms with Gasteiger partial charge < -0.3 is 0 Å². The summed E-state index contributed by atoms with van der Waals surface area (Å²) in [4.78, 5) is 0. The van der Waals surface area contributed by atoms with E-state index >= 15 is 0 Å². The Morgan fingerprint density at radius 2 is 0.500 bits per heavy atom. The van der Waals surface area contributed by atoms with Crippen molar-refractivity contribution in [3.05, 3.63) is 0 Å².